The van der Waals surface area contributed by atoms with Gasteiger partial charge < -0.3 is 11.1 Å². The van der Waals surface area contributed by atoms with Crippen LogP contribution in [0.2, 0.25) is 0 Å². The number of nitrogens with one attached hydrogen (secondary N) is 1. The third-order valence-electron chi connectivity index (χ3n) is 2.83. The summed E-state index contributed by atoms with van der Waals surface area (Å²) in [4.78, 5) is 15.8. The van der Waals surface area contributed by atoms with Crippen molar-refractivity contribution in [1.82, 2.24) is 10.3 Å². The molecule has 0 radical (unpaired) electrons. The lowest BCUT2D eigenvalue weighted by molar-refractivity contribution is -0.121. The van der Waals surface area contributed by atoms with Gasteiger partial charge in [0.25, 0.3) is 0 Å². The molecule has 0 fully saturated rings. The Morgan fingerprint density at radius 2 is 2.05 bits per heavy atom. The Morgan fingerprint density at radius 1 is 1.30 bits per heavy atom. The lowest BCUT2D eigenvalue weighted by Gasteiger charge is -2.04. The van der Waals surface area contributed by atoms with Crippen LogP contribution in [0.25, 0.3) is 0 Å². The Kier molecular flexibility index (Phi) is 5.06. The molecule has 4 nitrogen and oxygen atoms in total. The zero-order valence-electron chi connectivity index (χ0n) is 10.9. The summed E-state index contributed by atoms with van der Waals surface area (Å²) in [5.74, 6) is -0.279. The molecule has 20 heavy (non-hydrogen) atoms. The summed E-state index contributed by atoms with van der Waals surface area (Å²) in [5.41, 5.74) is 7.37. The number of thiazole rings is 1. The fourth-order valence-corrected chi connectivity index (χ4v) is 2.36. The standard InChI is InChI=1S/C14H16FN3OS/c15-11-4-1-10(2-5-11)3-6-13(19)17-8-7-12-9-20-14(16)18-12/h1-2,4-5,9H,3,6-8H2,(H2,16,18)(H,17,19). The number of nitrogens with two attached hydrogens (primary N) is 1. The smallest absolute Gasteiger partial charge is 0.220 e. The second kappa shape index (κ2) is 7.00. The van der Waals surface area contributed by atoms with Gasteiger partial charge in [-0.15, -0.1) is 11.3 Å². The molecule has 0 spiro atoms. The topological polar surface area (TPSA) is 68.0 Å². The van der Waals surface area contributed by atoms with Gasteiger partial charge in [-0.2, -0.15) is 0 Å². The molecule has 2 rings (SSSR count). The maximum absolute atomic E-state index is 12.7. The van der Waals surface area contributed by atoms with Crippen LogP contribution in [0, 0.1) is 5.82 Å². The number of hydrogen-bond acceptors (Lipinski definition) is 4. The highest BCUT2D eigenvalue weighted by Gasteiger charge is 2.03. The van der Waals surface area contributed by atoms with Crippen molar-refractivity contribution in [2.75, 3.05) is 12.3 Å². The summed E-state index contributed by atoms with van der Waals surface area (Å²) >= 11 is 1.40. The van der Waals surface area contributed by atoms with E-state index in [0.717, 1.165) is 11.3 Å². The Bertz CT molecular complexity index is 568. The van der Waals surface area contributed by atoms with Gasteiger partial charge in [0.2, 0.25) is 5.91 Å². The zero-order chi connectivity index (χ0) is 14.4. The van der Waals surface area contributed by atoms with E-state index in [-0.39, 0.29) is 11.7 Å². The average Bonchev–Trinajstić information content (AvgIpc) is 2.84. The Labute approximate surface area is 120 Å². The first-order valence-corrected chi connectivity index (χ1v) is 7.22. The number of halogens is 1. The quantitative estimate of drug-likeness (QED) is 0.857. The number of carbonyl (C=O) groups is 1. The number of aryl methyl sites for hydroxylation is 1. The largest absolute Gasteiger partial charge is 0.375 e. The molecular weight excluding hydrogens is 277 g/mol. The van der Waals surface area contributed by atoms with Gasteiger partial charge in [-0.1, -0.05) is 12.1 Å². The molecule has 3 N–H and O–H groups in total. The number of nitrogen functional groups attached to an aromatic ring is 1. The first-order chi connectivity index (χ1) is 9.63. The summed E-state index contributed by atoms with van der Waals surface area (Å²) in [6.07, 6.45) is 1.68. The Balaban J connectivity index is 1.66. The lowest BCUT2D eigenvalue weighted by Crippen LogP contribution is -2.25. The van der Waals surface area contributed by atoms with Crippen molar-refractivity contribution in [2.45, 2.75) is 19.3 Å². The van der Waals surface area contributed by atoms with Crippen molar-refractivity contribution in [1.29, 1.82) is 0 Å². The van der Waals surface area contributed by atoms with Crippen LogP contribution in [0.1, 0.15) is 17.7 Å². The predicted octanol–water partition coefficient (Wildman–Crippen LogP) is 2.16. The van der Waals surface area contributed by atoms with Crippen LogP contribution in [0.3, 0.4) is 0 Å². The monoisotopic (exact) mass is 293 g/mol. The van der Waals surface area contributed by atoms with Gasteiger partial charge in [0.15, 0.2) is 5.13 Å². The van der Waals surface area contributed by atoms with Crippen molar-refractivity contribution in [3.05, 3.63) is 46.7 Å². The van der Waals surface area contributed by atoms with Crippen molar-refractivity contribution in [3.8, 4) is 0 Å². The van der Waals surface area contributed by atoms with E-state index in [0.29, 0.717) is 30.9 Å². The van der Waals surface area contributed by atoms with Crippen LogP contribution in [0.4, 0.5) is 9.52 Å². The molecule has 1 aromatic carbocycles. The summed E-state index contributed by atoms with van der Waals surface area (Å²) in [6.45, 7) is 0.547. The van der Waals surface area contributed by atoms with Gasteiger partial charge in [-0.25, -0.2) is 9.37 Å². The van der Waals surface area contributed by atoms with Gasteiger partial charge in [-0.05, 0) is 24.1 Å². The molecule has 0 saturated carbocycles. The van der Waals surface area contributed by atoms with E-state index in [1.54, 1.807) is 12.1 Å². The molecule has 0 atom stereocenters. The second-order valence-corrected chi connectivity index (χ2v) is 5.29. The number of carbonyl (C=O) groups excluding carboxylic acids is 1. The highest BCUT2D eigenvalue weighted by atomic mass is 32.1. The molecule has 0 bridgehead atoms. The zero-order valence-corrected chi connectivity index (χ0v) is 11.8. The first kappa shape index (κ1) is 14.5. The Morgan fingerprint density at radius 3 is 2.70 bits per heavy atom. The van der Waals surface area contributed by atoms with Crippen LogP contribution >= 0.6 is 11.3 Å². The van der Waals surface area contributed by atoms with Crippen LogP contribution in [-0.4, -0.2) is 17.4 Å². The fourth-order valence-electron chi connectivity index (χ4n) is 1.76. The number of rotatable bonds is 6. The molecule has 2 aromatic rings. The van der Waals surface area contributed by atoms with Gasteiger partial charge in [0.05, 0.1) is 5.69 Å². The third kappa shape index (κ3) is 4.62. The molecule has 0 aliphatic carbocycles. The number of nitrogens with zero attached hydrogens (tertiary/aromatic N) is 1. The molecule has 106 valence electrons. The maximum Gasteiger partial charge on any atom is 0.220 e. The molecule has 0 saturated heterocycles. The molecule has 0 unspecified atom stereocenters. The van der Waals surface area contributed by atoms with Gasteiger partial charge >= 0.3 is 0 Å². The number of anilines is 1. The number of aromatic nitrogens is 1. The van der Waals surface area contributed by atoms with Gasteiger partial charge in [0, 0.05) is 24.8 Å². The molecule has 6 heteroatoms. The molecule has 1 heterocycles. The van der Waals surface area contributed by atoms with Crippen LogP contribution in [0.5, 0.6) is 0 Å². The Hall–Kier alpha value is -1.95. The average molecular weight is 293 g/mol. The van der Waals surface area contributed by atoms with Crippen molar-refractivity contribution in [2.24, 2.45) is 0 Å². The minimum absolute atomic E-state index is 0.0162. The molecule has 0 aliphatic heterocycles. The van der Waals surface area contributed by atoms with Gasteiger partial charge in [-0.3, -0.25) is 4.79 Å². The molecule has 0 aliphatic rings. The van der Waals surface area contributed by atoms with Crippen molar-refractivity contribution < 1.29 is 9.18 Å². The second-order valence-electron chi connectivity index (χ2n) is 4.40. The van der Waals surface area contributed by atoms with Gasteiger partial charge in [0.1, 0.15) is 5.82 Å². The highest BCUT2D eigenvalue weighted by Crippen LogP contribution is 2.11. The molecular formula is C14H16FN3OS. The van der Waals surface area contributed by atoms with Crippen LogP contribution < -0.4 is 11.1 Å². The van der Waals surface area contributed by atoms with E-state index in [1.165, 1.54) is 23.5 Å². The van der Waals surface area contributed by atoms with E-state index >= 15 is 0 Å². The fraction of sp³-hybridized carbons (Fsp3) is 0.286. The normalized spacial score (nSPS) is 10.4. The minimum Gasteiger partial charge on any atom is -0.375 e. The van der Waals surface area contributed by atoms with Crippen molar-refractivity contribution >= 4 is 22.4 Å². The SMILES string of the molecule is Nc1nc(CCNC(=O)CCc2ccc(F)cc2)cs1. The first-order valence-electron chi connectivity index (χ1n) is 6.34. The minimum atomic E-state index is -0.263. The van der Waals surface area contributed by atoms with E-state index in [1.807, 2.05) is 5.38 Å². The van der Waals surface area contributed by atoms with E-state index in [9.17, 15) is 9.18 Å². The molecule has 1 aromatic heterocycles. The van der Waals surface area contributed by atoms with Crippen LogP contribution in [0.15, 0.2) is 29.6 Å². The number of hydrogen-bond donors (Lipinski definition) is 2. The molecule has 1 amide bonds. The summed E-state index contributed by atoms with van der Waals surface area (Å²) in [5, 5.41) is 5.27. The van der Waals surface area contributed by atoms with Crippen LogP contribution in [-0.2, 0) is 17.6 Å². The van der Waals surface area contributed by atoms with E-state index in [4.69, 9.17) is 5.73 Å². The third-order valence-corrected chi connectivity index (χ3v) is 3.55. The number of amides is 1. The van der Waals surface area contributed by atoms with Crippen molar-refractivity contribution in [3.63, 3.8) is 0 Å². The maximum atomic E-state index is 12.7. The highest BCUT2D eigenvalue weighted by molar-refractivity contribution is 7.13. The lowest BCUT2D eigenvalue weighted by atomic mass is 10.1. The summed E-state index contributed by atoms with van der Waals surface area (Å²) in [7, 11) is 0. The summed E-state index contributed by atoms with van der Waals surface area (Å²) < 4.78 is 12.7. The number of benzene rings is 1. The van der Waals surface area contributed by atoms with E-state index in [2.05, 4.69) is 10.3 Å². The summed E-state index contributed by atoms with van der Waals surface area (Å²) in [6, 6.07) is 6.20. The predicted molar refractivity (Wildman–Crippen MR) is 78.0 cm³/mol. The van der Waals surface area contributed by atoms with E-state index < -0.39 is 0 Å².